The lowest BCUT2D eigenvalue weighted by atomic mass is 10.2. The molecular weight excluding hydrogens is 224 g/mol. The summed E-state index contributed by atoms with van der Waals surface area (Å²) in [6, 6.07) is 2.09. The molecule has 0 amide bonds. The predicted molar refractivity (Wildman–Crippen MR) is 74.3 cm³/mol. The standard InChI is InChI=1S/C15H24N2O/c1-13(2)10-16-11-14-6-9-18-15(14)12-17-7-4-3-5-8-17/h3-4,6,9,13,16H,5,7-8,10-12H2,1-2H3. The van der Waals surface area contributed by atoms with Crippen LogP contribution >= 0.6 is 0 Å². The average molecular weight is 248 g/mol. The van der Waals surface area contributed by atoms with Gasteiger partial charge in [0.1, 0.15) is 5.76 Å². The van der Waals surface area contributed by atoms with E-state index in [-0.39, 0.29) is 0 Å². The molecule has 0 fully saturated rings. The van der Waals surface area contributed by atoms with Crippen molar-refractivity contribution in [2.24, 2.45) is 5.92 Å². The fourth-order valence-electron chi connectivity index (χ4n) is 2.20. The molecule has 1 aliphatic rings. The summed E-state index contributed by atoms with van der Waals surface area (Å²) in [6.45, 7) is 9.52. The zero-order valence-corrected chi connectivity index (χ0v) is 11.5. The zero-order chi connectivity index (χ0) is 12.8. The molecule has 1 N–H and O–H groups in total. The SMILES string of the molecule is CC(C)CNCc1ccoc1CN1CC=CCC1. The number of hydrogen-bond acceptors (Lipinski definition) is 3. The number of nitrogens with one attached hydrogen (secondary N) is 1. The quantitative estimate of drug-likeness (QED) is 0.785. The van der Waals surface area contributed by atoms with Gasteiger partial charge in [-0.2, -0.15) is 0 Å². The van der Waals surface area contributed by atoms with Crippen LogP contribution in [0.5, 0.6) is 0 Å². The highest BCUT2D eigenvalue weighted by molar-refractivity contribution is 5.17. The van der Waals surface area contributed by atoms with Crippen molar-refractivity contribution in [2.45, 2.75) is 33.4 Å². The Morgan fingerprint density at radius 2 is 2.28 bits per heavy atom. The predicted octanol–water partition coefficient (Wildman–Crippen LogP) is 2.79. The second-order valence-corrected chi connectivity index (χ2v) is 5.39. The van der Waals surface area contributed by atoms with Gasteiger partial charge in [0, 0.05) is 25.2 Å². The first-order chi connectivity index (χ1) is 8.75. The van der Waals surface area contributed by atoms with Gasteiger partial charge in [0.05, 0.1) is 12.8 Å². The monoisotopic (exact) mass is 248 g/mol. The van der Waals surface area contributed by atoms with E-state index < -0.39 is 0 Å². The van der Waals surface area contributed by atoms with Crippen LogP contribution in [0, 0.1) is 5.92 Å². The molecule has 100 valence electrons. The summed E-state index contributed by atoms with van der Waals surface area (Å²) in [6.07, 6.45) is 7.45. The van der Waals surface area contributed by atoms with Crippen LogP contribution in [0.3, 0.4) is 0 Å². The lowest BCUT2D eigenvalue weighted by molar-refractivity contribution is 0.263. The highest BCUT2D eigenvalue weighted by Crippen LogP contribution is 2.15. The molecule has 0 spiro atoms. The normalized spacial score (nSPS) is 16.6. The number of hydrogen-bond donors (Lipinski definition) is 1. The van der Waals surface area contributed by atoms with Gasteiger partial charge < -0.3 is 9.73 Å². The molecule has 0 saturated heterocycles. The first-order valence-electron chi connectivity index (χ1n) is 6.89. The van der Waals surface area contributed by atoms with Gasteiger partial charge in [-0.1, -0.05) is 26.0 Å². The highest BCUT2D eigenvalue weighted by Gasteiger charge is 2.12. The minimum atomic E-state index is 0.688. The summed E-state index contributed by atoms with van der Waals surface area (Å²) in [5.74, 6) is 1.80. The van der Waals surface area contributed by atoms with Crippen LogP contribution in [0.4, 0.5) is 0 Å². The van der Waals surface area contributed by atoms with Crippen LogP contribution in [0.15, 0.2) is 28.9 Å². The minimum absolute atomic E-state index is 0.688. The molecule has 0 aliphatic carbocycles. The second-order valence-electron chi connectivity index (χ2n) is 5.39. The smallest absolute Gasteiger partial charge is 0.122 e. The second kappa shape index (κ2) is 6.76. The van der Waals surface area contributed by atoms with Crippen LogP contribution in [0.1, 0.15) is 31.6 Å². The van der Waals surface area contributed by atoms with E-state index in [0.29, 0.717) is 5.92 Å². The van der Waals surface area contributed by atoms with Gasteiger partial charge in [-0.15, -0.1) is 0 Å². The van der Waals surface area contributed by atoms with Gasteiger partial charge in [-0.3, -0.25) is 4.90 Å². The fraction of sp³-hybridized carbons (Fsp3) is 0.600. The van der Waals surface area contributed by atoms with Crippen molar-refractivity contribution < 1.29 is 4.42 Å². The van der Waals surface area contributed by atoms with Gasteiger partial charge >= 0.3 is 0 Å². The van der Waals surface area contributed by atoms with E-state index in [1.807, 2.05) is 6.26 Å². The van der Waals surface area contributed by atoms with Crippen molar-refractivity contribution in [1.82, 2.24) is 10.2 Å². The molecule has 1 aromatic rings. The number of rotatable bonds is 6. The molecule has 1 aromatic heterocycles. The van der Waals surface area contributed by atoms with Crippen molar-refractivity contribution in [3.63, 3.8) is 0 Å². The third-order valence-corrected chi connectivity index (χ3v) is 3.22. The Balaban J connectivity index is 1.84. The van der Waals surface area contributed by atoms with Crippen molar-refractivity contribution in [1.29, 1.82) is 0 Å². The van der Waals surface area contributed by atoms with Gasteiger partial charge in [-0.25, -0.2) is 0 Å². The van der Waals surface area contributed by atoms with Crippen molar-refractivity contribution in [3.8, 4) is 0 Å². The van der Waals surface area contributed by atoms with Crippen LogP contribution in [0.2, 0.25) is 0 Å². The van der Waals surface area contributed by atoms with Crippen LogP contribution in [0.25, 0.3) is 0 Å². The van der Waals surface area contributed by atoms with E-state index in [0.717, 1.165) is 44.9 Å². The molecule has 3 nitrogen and oxygen atoms in total. The molecule has 18 heavy (non-hydrogen) atoms. The Morgan fingerprint density at radius 1 is 1.39 bits per heavy atom. The molecule has 0 radical (unpaired) electrons. The lowest BCUT2D eigenvalue weighted by Gasteiger charge is -2.22. The summed E-state index contributed by atoms with van der Waals surface area (Å²) in [5, 5.41) is 3.47. The molecule has 3 heteroatoms. The fourth-order valence-corrected chi connectivity index (χ4v) is 2.20. The van der Waals surface area contributed by atoms with E-state index >= 15 is 0 Å². The summed E-state index contributed by atoms with van der Waals surface area (Å²) in [5.41, 5.74) is 1.30. The topological polar surface area (TPSA) is 28.4 Å². The minimum Gasteiger partial charge on any atom is -0.468 e. The van der Waals surface area contributed by atoms with E-state index in [2.05, 4.69) is 42.3 Å². The van der Waals surface area contributed by atoms with Crippen LogP contribution in [-0.2, 0) is 13.1 Å². The largest absolute Gasteiger partial charge is 0.468 e. The Bertz CT molecular complexity index is 382. The average Bonchev–Trinajstić information content (AvgIpc) is 2.78. The summed E-state index contributed by atoms with van der Waals surface area (Å²) < 4.78 is 5.62. The van der Waals surface area contributed by atoms with E-state index in [4.69, 9.17) is 4.42 Å². The van der Waals surface area contributed by atoms with Crippen molar-refractivity contribution in [3.05, 3.63) is 35.8 Å². The number of nitrogens with zero attached hydrogens (tertiary/aromatic N) is 1. The summed E-state index contributed by atoms with van der Waals surface area (Å²) in [4.78, 5) is 2.42. The van der Waals surface area contributed by atoms with Gasteiger partial charge in [0.15, 0.2) is 0 Å². The Kier molecular flexibility index (Phi) is 5.02. The zero-order valence-electron chi connectivity index (χ0n) is 11.5. The van der Waals surface area contributed by atoms with Crippen LogP contribution < -0.4 is 5.32 Å². The van der Waals surface area contributed by atoms with Crippen molar-refractivity contribution in [2.75, 3.05) is 19.6 Å². The van der Waals surface area contributed by atoms with E-state index in [1.165, 1.54) is 5.56 Å². The molecule has 0 saturated carbocycles. The third-order valence-electron chi connectivity index (χ3n) is 3.22. The Labute approximate surface area is 110 Å². The number of furan rings is 1. The molecule has 1 aliphatic heterocycles. The maximum atomic E-state index is 5.62. The maximum Gasteiger partial charge on any atom is 0.122 e. The van der Waals surface area contributed by atoms with Gasteiger partial charge in [0.25, 0.3) is 0 Å². The van der Waals surface area contributed by atoms with Gasteiger partial charge in [-0.05, 0) is 24.9 Å². The lowest BCUT2D eigenvalue weighted by Crippen LogP contribution is -2.27. The summed E-state index contributed by atoms with van der Waals surface area (Å²) in [7, 11) is 0. The molecule has 0 unspecified atom stereocenters. The molecule has 0 atom stereocenters. The molecular formula is C15H24N2O. The molecule has 0 aromatic carbocycles. The first-order valence-corrected chi connectivity index (χ1v) is 6.89. The van der Waals surface area contributed by atoms with Gasteiger partial charge in [0.2, 0.25) is 0 Å². The Morgan fingerprint density at radius 3 is 3.00 bits per heavy atom. The van der Waals surface area contributed by atoms with Crippen molar-refractivity contribution >= 4 is 0 Å². The van der Waals surface area contributed by atoms with E-state index in [9.17, 15) is 0 Å². The molecule has 2 rings (SSSR count). The highest BCUT2D eigenvalue weighted by atomic mass is 16.3. The first kappa shape index (κ1) is 13.4. The van der Waals surface area contributed by atoms with E-state index in [1.54, 1.807) is 0 Å². The molecule has 2 heterocycles. The maximum absolute atomic E-state index is 5.62. The Hall–Kier alpha value is -1.06. The summed E-state index contributed by atoms with van der Waals surface area (Å²) >= 11 is 0. The van der Waals surface area contributed by atoms with Crippen LogP contribution in [-0.4, -0.2) is 24.5 Å². The third kappa shape index (κ3) is 4.00. The molecule has 0 bridgehead atoms.